The number of nitrogens with one attached hydrogen (secondary N) is 1. The summed E-state index contributed by atoms with van der Waals surface area (Å²) in [6.45, 7) is 0.420. The molecule has 17 nitrogen and oxygen atoms in total. The number of ether oxygens (including phenoxy) is 1. The van der Waals surface area contributed by atoms with E-state index in [1.165, 1.54) is 20.2 Å². The van der Waals surface area contributed by atoms with Gasteiger partial charge in [-0.1, -0.05) is 0 Å². The van der Waals surface area contributed by atoms with E-state index in [0.717, 1.165) is 4.90 Å². The molecule has 0 bridgehead atoms. The number of carbonyl (C=O) groups excluding carboxylic acids is 2. The molecule has 31 heavy (non-hydrogen) atoms. The van der Waals surface area contributed by atoms with E-state index in [2.05, 4.69) is 13.1 Å². The average molecular weight is 514 g/mol. The molecule has 0 saturated carbocycles. The van der Waals surface area contributed by atoms with E-state index in [-0.39, 0.29) is 12.0 Å². The zero-order valence-corrected chi connectivity index (χ0v) is 18.5. The van der Waals surface area contributed by atoms with Crippen molar-refractivity contribution in [1.29, 1.82) is 0 Å². The van der Waals surface area contributed by atoms with Crippen LogP contribution in [0.15, 0.2) is 11.8 Å². The molecule has 7 N–H and O–H groups in total. The molecular weight excluding hydrogens is 493 g/mol. The maximum atomic E-state index is 11.7. The van der Waals surface area contributed by atoms with Crippen LogP contribution in [-0.4, -0.2) is 85.2 Å². The Hall–Kier alpha value is -1.03. The van der Waals surface area contributed by atoms with Gasteiger partial charge in [0.15, 0.2) is 0 Å². The molecule has 1 rings (SSSR count). The summed E-state index contributed by atoms with van der Waals surface area (Å²) in [4.78, 5) is 58.1. The first-order valence-electron chi connectivity index (χ1n) is 7.93. The molecule has 1 fully saturated rings. The number of hydrogen-bond donors (Lipinski definition) is 7. The molecular formula is C11H21N2O15P3. The van der Waals surface area contributed by atoms with Gasteiger partial charge in [-0.25, -0.2) is 18.5 Å². The molecule has 0 spiro atoms. The molecule has 180 valence electrons. The van der Waals surface area contributed by atoms with Gasteiger partial charge in [-0.3, -0.25) is 14.6 Å². The highest BCUT2D eigenvalue weighted by Crippen LogP contribution is 2.66. The van der Waals surface area contributed by atoms with Gasteiger partial charge in [0, 0.05) is 13.2 Å². The molecule has 0 aromatic carbocycles. The lowest BCUT2D eigenvalue weighted by Gasteiger charge is -2.19. The minimum Gasteiger partial charge on any atom is -0.387 e. The summed E-state index contributed by atoms with van der Waals surface area (Å²) in [5.41, 5.74) is 0.191. The zero-order valence-electron chi connectivity index (χ0n) is 15.8. The Balaban J connectivity index is 2.78. The van der Waals surface area contributed by atoms with Gasteiger partial charge >= 0.3 is 29.5 Å². The van der Waals surface area contributed by atoms with Crippen molar-refractivity contribution in [3.05, 3.63) is 11.8 Å². The fourth-order valence-electron chi connectivity index (χ4n) is 2.32. The van der Waals surface area contributed by atoms with Gasteiger partial charge in [-0.2, -0.15) is 8.62 Å². The number of rotatable bonds is 10. The number of aliphatic hydroxyl groups excluding tert-OH is 2. The van der Waals surface area contributed by atoms with Crippen LogP contribution in [-0.2, 0) is 36.4 Å². The van der Waals surface area contributed by atoms with Crippen LogP contribution in [0.1, 0.15) is 6.92 Å². The van der Waals surface area contributed by atoms with Crippen LogP contribution in [0.4, 0.5) is 4.79 Å². The molecule has 0 aromatic heterocycles. The Morgan fingerprint density at radius 1 is 1.10 bits per heavy atom. The summed E-state index contributed by atoms with van der Waals surface area (Å²) in [6.07, 6.45) is -4.66. The van der Waals surface area contributed by atoms with Gasteiger partial charge in [0.25, 0.3) is 0 Å². The molecule has 6 atom stereocenters. The Labute approximate surface area is 174 Å². The van der Waals surface area contributed by atoms with Gasteiger partial charge in [0.2, 0.25) is 6.41 Å². The predicted octanol–water partition coefficient (Wildman–Crippen LogP) is -1.48. The summed E-state index contributed by atoms with van der Waals surface area (Å²) in [7, 11) is -15.4. The highest BCUT2D eigenvalue weighted by Gasteiger charge is 2.46. The van der Waals surface area contributed by atoms with Gasteiger partial charge in [-0.05, 0) is 12.5 Å². The second-order valence-electron chi connectivity index (χ2n) is 6.01. The van der Waals surface area contributed by atoms with Gasteiger partial charge in [0.05, 0.1) is 6.61 Å². The summed E-state index contributed by atoms with van der Waals surface area (Å²) in [6, 6.07) is -0.813. The topological polar surface area (TPSA) is 259 Å². The fourth-order valence-corrected chi connectivity index (χ4v) is 5.35. The van der Waals surface area contributed by atoms with Crippen molar-refractivity contribution in [3.63, 3.8) is 0 Å². The monoisotopic (exact) mass is 514 g/mol. The molecule has 1 aliphatic rings. The third-order valence-corrected chi connectivity index (χ3v) is 7.33. The largest absolute Gasteiger partial charge is 0.490 e. The SMILES string of the molecule is C/C(=C\N(C)C(=O)NC=O)[C@@H]1O[C@H](COP(=O)(O)OP(=O)(O)OP(=O)(O)O)C(O)C1O. The normalized spacial score (nSPS) is 28.5. The van der Waals surface area contributed by atoms with Crippen LogP contribution in [0, 0.1) is 0 Å². The molecule has 1 heterocycles. The minimum atomic E-state index is -5.71. The number of urea groups is 1. The summed E-state index contributed by atoms with van der Waals surface area (Å²) in [5, 5.41) is 22.0. The van der Waals surface area contributed by atoms with E-state index in [0.29, 0.717) is 0 Å². The predicted molar refractivity (Wildman–Crippen MR) is 96.6 cm³/mol. The van der Waals surface area contributed by atoms with Gasteiger partial charge in [-0.15, -0.1) is 0 Å². The lowest BCUT2D eigenvalue weighted by Crippen LogP contribution is -2.36. The number of carbonyl (C=O) groups is 2. The standard InChI is InChI=1S/C11H21N2O15P3/c1-6(3-13(2)11(17)12-5-14)10-9(16)8(15)7(26-10)4-25-30(21,22)28-31(23,24)27-29(18,19)20/h3,5,7-10,15-16H,4H2,1-2H3,(H,21,22)(H,23,24)(H,12,14,17)(H2,18,19,20)/b6-3+/t7-,8?,9?,10+/m1/s1. The van der Waals surface area contributed by atoms with Crippen LogP contribution in [0.2, 0.25) is 0 Å². The molecule has 3 amide bonds. The first-order chi connectivity index (χ1) is 14.0. The number of nitrogens with zero attached hydrogens (tertiary/aromatic N) is 1. The molecule has 0 radical (unpaired) electrons. The van der Waals surface area contributed by atoms with Crippen LogP contribution >= 0.6 is 23.5 Å². The van der Waals surface area contributed by atoms with E-state index >= 15 is 0 Å². The quantitative estimate of drug-likeness (QED) is 0.130. The second kappa shape index (κ2) is 10.7. The Morgan fingerprint density at radius 3 is 2.19 bits per heavy atom. The average Bonchev–Trinajstić information content (AvgIpc) is 2.85. The van der Waals surface area contributed by atoms with E-state index in [9.17, 15) is 38.4 Å². The molecule has 1 saturated heterocycles. The molecule has 4 unspecified atom stereocenters. The third kappa shape index (κ3) is 9.16. The molecule has 1 aliphatic heterocycles. The van der Waals surface area contributed by atoms with E-state index < -0.39 is 60.5 Å². The number of imide groups is 1. The highest BCUT2D eigenvalue weighted by atomic mass is 31.3. The van der Waals surface area contributed by atoms with Crippen molar-refractivity contribution >= 4 is 35.9 Å². The maximum absolute atomic E-state index is 11.7. The first kappa shape index (κ1) is 28.0. The molecule has 20 heteroatoms. The van der Waals surface area contributed by atoms with Crippen molar-refractivity contribution in [1.82, 2.24) is 10.2 Å². The summed E-state index contributed by atoms with van der Waals surface area (Å²) in [5.74, 6) is 0. The zero-order chi connectivity index (χ0) is 24.2. The highest BCUT2D eigenvalue weighted by molar-refractivity contribution is 7.66. The first-order valence-corrected chi connectivity index (χ1v) is 12.5. The lowest BCUT2D eigenvalue weighted by atomic mass is 10.0. The number of phosphoric ester groups is 1. The third-order valence-electron chi connectivity index (χ3n) is 3.53. The Bertz CT molecular complexity index is 842. The second-order valence-corrected chi connectivity index (χ2v) is 10.4. The van der Waals surface area contributed by atoms with Crippen LogP contribution in [0.5, 0.6) is 0 Å². The number of hydrogen-bond acceptors (Lipinski definition) is 11. The van der Waals surface area contributed by atoms with Crippen molar-refractivity contribution in [3.8, 4) is 0 Å². The van der Waals surface area contributed by atoms with Crippen LogP contribution < -0.4 is 5.32 Å². The van der Waals surface area contributed by atoms with E-state index in [1.54, 1.807) is 0 Å². The minimum absolute atomic E-state index is 0.144. The Morgan fingerprint density at radius 2 is 1.68 bits per heavy atom. The number of aliphatic hydroxyl groups is 2. The smallest absolute Gasteiger partial charge is 0.387 e. The summed E-state index contributed by atoms with van der Waals surface area (Å²) >= 11 is 0. The number of amides is 3. The lowest BCUT2D eigenvalue weighted by molar-refractivity contribution is -0.108. The maximum Gasteiger partial charge on any atom is 0.490 e. The number of phosphoric acid groups is 3. The fraction of sp³-hybridized carbons (Fsp3) is 0.636. The summed E-state index contributed by atoms with van der Waals surface area (Å²) < 4.78 is 50.3. The van der Waals surface area contributed by atoms with Gasteiger partial charge in [0.1, 0.15) is 24.4 Å². The van der Waals surface area contributed by atoms with Crippen LogP contribution in [0.25, 0.3) is 0 Å². The van der Waals surface area contributed by atoms with Crippen molar-refractivity contribution in [2.24, 2.45) is 0 Å². The van der Waals surface area contributed by atoms with E-state index in [1.807, 2.05) is 5.32 Å². The van der Waals surface area contributed by atoms with Crippen LogP contribution in [0.3, 0.4) is 0 Å². The molecule has 0 aromatic rings. The Kier molecular flexibility index (Phi) is 9.69. The van der Waals surface area contributed by atoms with Crippen molar-refractivity contribution in [2.75, 3.05) is 13.7 Å². The van der Waals surface area contributed by atoms with E-state index in [4.69, 9.17) is 19.4 Å². The van der Waals surface area contributed by atoms with Gasteiger partial charge < -0.3 is 39.4 Å². The van der Waals surface area contributed by atoms with Crippen molar-refractivity contribution < 1.29 is 71.0 Å². The van der Waals surface area contributed by atoms with Crippen molar-refractivity contribution in [2.45, 2.75) is 31.3 Å². The molecule has 0 aliphatic carbocycles.